The van der Waals surface area contributed by atoms with E-state index >= 15 is 0 Å². The summed E-state index contributed by atoms with van der Waals surface area (Å²) < 4.78 is 21.4. The fourth-order valence-electron chi connectivity index (χ4n) is 1.57. The van der Waals surface area contributed by atoms with Crippen molar-refractivity contribution in [1.82, 2.24) is 0 Å². The summed E-state index contributed by atoms with van der Waals surface area (Å²) in [5, 5.41) is 0. The van der Waals surface area contributed by atoms with Crippen molar-refractivity contribution in [3.05, 3.63) is 77.8 Å². The predicted octanol–water partition coefficient (Wildman–Crippen LogP) is 4.31. The largest absolute Gasteiger partial charge is 0.376 e. The second-order valence-corrected chi connectivity index (χ2v) is 3.96. The molecule has 1 heteroatoms. The van der Waals surface area contributed by atoms with Crippen LogP contribution in [0.5, 0.6) is 0 Å². The second kappa shape index (κ2) is 7.46. The molecule has 0 saturated heterocycles. The molecule has 18 heavy (non-hydrogen) atoms. The van der Waals surface area contributed by atoms with Crippen LogP contribution in [0.2, 0.25) is 0 Å². The van der Waals surface area contributed by atoms with Crippen molar-refractivity contribution >= 4 is 6.05 Å². The van der Waals surface area contributed by atoms with Gasteiger partial charge in [0.2, 0.25) is 0 Å². The summed E-state index contributed by atoms with van der Waals surface area (Å²) in [6.07, 6.45) is 0.459. The van der Waals surface area contributed by atoms with Gasteiger partial charge >= 0.3 is 0 Å². The van der Waals surface area contributed by atoms with Gasteiger partial charge in [-0.2, -0.15) is 0 Å². The van der Waals surface area contributed by atoms with Gasteiger partial charge in [-0.05, 0) is 17.5 Å². The van der Waals surface area contributed by atoms with E-state index in [9.17, 15) is 0 Å². The Kier molecular flexibility index (Phi) is 4.19. The van der Waals surface area contributed by atoms with Gasteiger partial charge in [-0.15, -0.1) is 0 Å². The van der Waals surface area contributed by atoms with Crippen LogP contribution in [-0.2, 0) is 11.3 Å². The average molecular weight is 240 g/mol. The Morgan fingerprint density at radius 2 is 1.61 bits per heavy atom. The first-order valence-corrected chi connectivity index (χ1v) is 6.11. The zero-order chi connectivity index (χ0) is 14.2. The van der Waals surface area contributed by atoms with Gasteiger partial charge in [-0.1, -0.05) is 72.8 Å². The van der Waals surface area contributed by atoms with Gasteiger partial charge in [0.25, 0.3) is 0 Å². The summed E-state index contributed by atoms with van der Waals surface area (Å²) in [5.74, 6) is 0. The molecule has 0 saturated carbocycles. The molecule has 0 aliphatic heterocycles. The maximum Gasteiger partial charge on any atom is 0.0717 e. The van der Waals surface area contributed by atoms with Gasteiger partial charge in [0, 0.05) is 0 Å². The van der Waals surface area contributed by atoms with Crippen molar-refractivity contribution in [2.24, 2.45) is 0 Å². The Hall–Kier alpha value is -1.86. The lowest BCUT2D eigenvalue weighted by molar-refractivity contribution is 0.125. The molecule has 0 heterocycles. The molecule has 0 aromatic heterocycles. The summed E-state index contributed by atoms with van der Waals surface area (Å²) in [7, 11) is 0. The van der Waals surface area contributed by atoms with E-state index in [1.165, 1.54) is 0 Å². The third kappa shape index (κ3) is 4.56. The van der Waals surface area contributed by atoms with Gasteiger partial charge in [0.05, 0.1) is 16.0 Å². The predicted molar refractivity (Wildman–Crippen MR) is 76.2 cm³/mol. The molecule has 0 aliphatic rings. The molecule has 2 aromatic carbocycles. The van der Waals surface area contributed by atoms with E-state index in [0.717, 1.165) is 11.1 Å². The monoisotopic (exact) mass is 240 g/mol. The van der Waals surface area contributed by atoms with Gasteiger partial charge < -0.3 is 4.74 Å². The molecule has 1 nitrogen and oxygen atoms in total. The maximum absolute atomic E-state index is 7.96. The Balaban J connectivity index is 1.82. The van der Waals surface area contributed by atoms with Crippen LogP contribution in [0.1, 0.15) is 20.3 Å². The fraction of sp³-hybridized carbons (Fsp3) is 0.176. The third-order valence-electron chi connectivity index (χ3n) is 2.49. The van der Waals surface area contributed by atoms with Crippen LogP contribution in [-0.4, -0.2) is 6.61 Å². The highest BCUT2D eigenvalue weighted by Crippen LogP contribution is 2.03. The van der Waals surface area contributed by atoms with Gasteiger partial charge in [-0.25, -0.2) is 0 Å². The van der Waals surface area contributed by atoms with Crippen molar-refractivity contribution < 1.29 is 7.48 Å². The summed E-state index contributed by atoms with van der Waals surface area (Å²) in [6.45, 7) is 1.01. The minimum absolute atomic E-state index is 0.272. The highest BCUT2D eigenvalue weighted by molar-refractivity contribution is 5.48. The van der Waals surface area contributed by atoms with Crippen molar-refractivity contribution in [2.45, 2.75) is 13.0 Å². The van der Waals surface area contributed by atoms with Crippen LogP contribution >= 0.6 is 0 Å². The fourth-order valence-corrected chi connectivity index (χ4v) is 1.57. The summed E-state index contributed by atoms with van der Waals surface area (Å²) in [6, 6.07) is 19.9. The molecule has 0 bridgehead atoms. The van der Waals surface area contributed by atoms with Crippen LogP contribution in [0.3, 0.4) is 0 Å². The van der Waals surface area contributed by atoms with Crippen molar-refractivity contribution in [3.8, 4) is 0 Å². The Labute approximate surface area is 112 Å². The van der Waals surface area contributed by atoms with E-state index in [1.807, 2.05) is 60.7 Å². The molecule has 0 atom stereocenters. The van der Waals surface area contributed by atoms with Crippen LogP contribution in [0.25, 0.3) is 6.05 Å². The standard InChI is InChI=1S/C17H18O/c1-3-9-16(10-4-1)11-7-8-14-18-15-17-12-5-2-6-13-17/h1-7,9-13H,8,14-15H2/b11-7-/i7D,11D. The van der Waals surface area contributed by atoms with E-state index in [1.54, 1.807) is 0 Å². The molecule has 0 amide bonds. The molecule has 0 spiro atoms. The highest BCUT2D eigenvalue weighted by atomic mass is 16.5. The third-order valence-corrected chi connectivity index (χ3v) is 2.49. The number of ether oxygens (including phenoxy) is 1. The van der Waals surface area contributed by atoms with Crippen molar-refractivity contribution in [2.75, 3.05) is 6.61 Å². The van der Waals surface area contributed by atoms with Crippen LogP contribution < -0.4 is 0 Å². The average Bonchev–Trinajstić information content (AvgIpc) is 2.52. The van der Waals surface area contributed by atoms with Gasteiger partial charge in [0.15, 0.2) is 0 Å². The van der Waals surface area contributed by atoms with E-state index in [2.05, 4.69) is 0 Å². The van der Waals surface area contributed by atoms with Crippen LogP contribution in [0.15, 0.2) is 66.7 Å². The zero-order valence-corrected chi connectivity index (χ0v) is 10.3. The lowest BCUT2D eigenvalue weighted by Crippen LogP contribution is -1.93. The summed E-state index contributed by atoms with van der Waals surface area (Å²) >= 11 is 0. The molecular formula is C17H18O. The lowest BCUT2D eigenvalue weighted by atomic mass is 10.2. The van der Waals surface area contributed by atoms with E-state index in [0.29, 0.717) is 25.7 Å². The number of hydrogen-bond donors (Lipinski definition) is 0. The second-order valence-electron chi connectivity index (χ2n) is 3.96. The maximum atomic E-state index is 7.96. The molecule has 0 aliphatic carbocycles. The smallest absolute Gasteiger partial charge is 0.0717 e. The minimum atomic E-state index is 0.272. The number of hydrogen-bond acceptors (Lipinski definition) is 1. The topological polar surface area (TPSA) is 9.23 Å². The molecule has 2 rings (SSSR count). The Morgan fingerprint density at radius 3 is 2.33 bits per heavy atom. The Morgan fingerprint density at radius 1 is 0.944 bits per heavy atom. The van der Waals surface area contributed by atoms with Crippen molar-refractivity contribution in [3.63, 3.8) is 0 Å². The molecule has 92 valence electrons. The highest BCUT2D eigenvalue weighted by Gasteiger charge is 1.90. The van der Waals surface area contributed by atoms with Crippen LogP contribution in [0, 0.1) is 0 Å². The first-order chi connectivity index (χ1) is 9.77. The molecule has 0 fully saturated rings. The summed E-state index contributed by atoms with van der Waals surface area (Å²) in [4.78, 5) is 0. The molecule has 0 N–H and O–H groups in total. The molecule has 0 unspecified atom stereocenters. The first kappa shape index (κ1) is 10.1. The zero-order valence-electron chi connectivity index (χ0n) is 12.3. The Bertz CT molecular complexity index is 550. The normalized spacial score (nSPS) is 13.6. The first-order valence-electron chi connectivity index (χ1n) is 7.11. The number of benzene rings is 2. The van der Waals surface area contributed by atoms with E-state index in [-0.39, 0.29) is 6.05 Å². The summed E-state index contributed by atoms with van der Waals surface area (Å²) in [5.41, 5.74) is 1.90. The molecule has 2 aromatic rings. The minimum Gasteiger partial charge on any atom is -0.376 e. The van der Waals surface area contributed by atoms with Crippen LogP contribution in [0.4, 0.5) is 0 Å². The molecule has 0 radical (unpaired) electrons. The quantitative estimate of drug-likeness (QED) is 0.684. The van der Waals surface area contributed by atoms with E-state index in [4.69, 9.17) is 7.48 Å². The molecular weight excluding hydrogens is 220 g/mol. The van der Waals surface area contributed by atoms with E-state index < -0.39 is 0 Å². The van der Waals surface area contributed by atoms with Gasteiger partial charge in [-0.3, -0.25) is 0 Å². The SMILES string of the molecule is [2H]/C(CCOCc1ccccc1)=C(\[2H])c1ccccc1. The van der Waals surface area contributed by atoms with Gasteiger partial charge in [0.1, 0.15) is 0 Å². The van der Waals surface area contributed by atoms with Crippen molar-refractivity contribution in [1.29, 1.82) is 0 Å². The lowest BCUT2D eigenvalue weighted by Gasteiger charge is -2.01. The number of rotatable bonds is 6.